The molecule has 0 fully saturated rings. The molecule has 62 heavy (non-hydrogen) atoms. The second kappa shape index (κ2) is 33.1. The molecule has 0 aliphatic carbocycles. The van der Waals surface area contributed by atoms with Gasteiger partial charge in [0.15, 0.2) is 0 Å². The van der Waals surface area contributed by atoms with E-state index in [4.69, 9.17) is 11.5 Å². The molecule has 2 unspecified atom stereocenters. The third-order valence-electron chi connectivity index (χ3n) is 13.8. The molecule has 2 nitrogen and oxygen atoms in total. The molecular weight excluding hydrogens is 749 g/mol. The summed E-state index contributed by atoms with van der Waals surface area (Å²) >= 11 is 0. The van der Waals surface area contributed by atoms with E-state index in [1.165, 1.54) is 239 Å². The van der Waals surface area contributed by atoms with Gasteiger partial charge in [-0.25, -0.2) is 0 Å². The van der Waals surface area contributed by atoms with E-state index in [1.807, 2.05) is 0 Å². The molecule has 4 aromatic carbocycles. The quantitative estimate of drug-likeness (QED) is 0.0351. The average molecular weight is 841 g/mol. The van der Waals surface area contributed by atoms with Gasteiger partial charge in [-0.05, 0) is 96.2 Å². The second-order valence-corrected chi connectivity index (χ2v) is 19.2. The first-order chi connectivity index (χ1) is 30.6. The van der Waals surface area contributed by atoms with Crippen molar-refractivity contribution in [3.05, 3.63) is 130 Å². The van der Waals surface area contributed by atoms with E-state index in [0.717, 1.165) is 11.4 Å². The van der Waals surface area contributed by atoms with Gasteiger partial charge in [0, 0.05) is 23.2 Å². The van der Waals surface area contributed by atoms with Crippen LogP contribution in [0.4, 0.5) is 11.4 Å². The van der Waals surface area contributed by atoms with Crippen molar-refractivity contribution in [2.45, 2.75) is 231 Å². The number of nitrogen functional groups attached to an aromatic ring is 2. The summed E-state index contributed by atoms with van der Waals surface area (Å²) in [5.74, 6) is 0.933. The van der Waals surface area contributed by atoms with E-state index in [9.17, 15) is 0 Å². The van der Waals surface area contributed by atoms with Crippen LogP contribution in [0.25, 0.3) is 0 Å². The van der Waals surface area contributed by atoms with E-state index >= 15 is 0 Å². The van der Waals surface area contributed by atoms with Gasteiger partial charge < -0.3 is 11.5 Å². The molecule has 4 aromatic rings. The zero-order chi connectivity index (χ0) is 43.7. The zero-order valence-electron chi connectivity index (χ0n) is 40.2. The van der Waals surface area contributed by atoms with Gasteiger partial charge in [-0.15, -0.1) is 0 Å². The smallest absolute Gasteiger partial charge is 0.0314 e. The lowest BCUT2D eigenvalue weighted by Gasteiger charge is -2.19. The standard InChI is InChI=1S/C60H92N2/c1-3-5-7-9-11-21-25-29-33-59(55-43-47-57(61)48-44-55)53-39-35-51(36-40-53)31-27-23-19-17-15-13-14-16-18-20-24-28-32-52-37-41-54(42-38-52)60(56-45-49-58(62)50-46-56)34-30-26-22-12-10-8-6-4-2/h35-50,59-60H,3-34,61-62H2,1-2H3. The van der Waals surface area contributed by atoms with Gasteiger partial charge in [-0.1, -0.05) is 254 Å². The molecule has 0 heterocycles. The van der Waals surface area contributed by atoms with Crippen molar-refractivity contribution < 1.29 is 0 Å². The van der Waals surface area contributed by atoms with Gasteiger partial charge in [-0.3, -0.25) is 0 Å². The lowest BCUT2D eigenvalue weighted by atomic mass is 9.86. The number of nitrogens with two attached hydrogens (primary N) is 2. The Hall–Kier alpha value is -3.52. The van der Waals surface area contributed by atoms with E-state index in [2.05, 4.69) is 111 Å². The van der Waals surface area contributed by atoms with Crippen LogP contribution >= 0.6 is 0 Å². The van der Waals surface area contributed by atoms with E-state index in [1.54, 1.807) is 0 Å². The lowest BCUT2D eigenvalue weighted by molar-refractivity contribution is 0.540. The number of benzene rings is 4. The number of hydrogen-bond acceptors (Lipinski definition) is 2. The SMILES string of the molecule is CCCCCCCCCCC(c1ccc(N)cc1)c1ccc(CCCCCCCCCCCCCCc2ccc(C(CCCCCCCCCC)c3ccc(N)cc3)cc2)cc1. The van der Waals surface area contributed by atoms with Crippen LogP contribution in [-0.4, -0.2) is 0 Å². The third-order valence-corrected chi connectivity index (χ3v) is 13.8. The van der Waals surface area contributed by atoms with Crippen LogP contribution in [0.3, 0.4) is 0 Å². The summed E-state index contributed by atoms with van der Waals surface area (Å²) in [6.45, 7) is 4.60. The highest BCUT2D eigenvalue weighted by Crippen LogP contribution is 2.33. The maximum absolute atomic E-state index is 6.05. The molecule has 2 atom stereocenters. The van der Waals surface area contributed by atoms with Crippen LogP contribution in [0.2, 0.25) is 0 Å². The van der Waals surface area contributed by atoms with Gasteiger partial charge in [0.1, 0.15) is 0 Å². The zero-order valence-corrected chi connectivity index (χ0v) is 40.2. The van der Waals surface area contributed by atoms with Crippen molar-refractivity contribution in [3.8, 4) is 0 Å². The Labute approximate surface area is 382 Å². The molecule has 0 radical (unpaired) electrons. The number of anilines is 2. The van der Waals surface area contributed by atoms with Crippen LogP contribution in [0.15, 0.2) is 97.1 Å². The maximum atomic E-state index is 6.05. The fraction of sp³-hybridized carbons (Fsp3) is 0.600. The monoisotopic (exact) mass is 841 g/mol. The Morgan fingerprint density at radius 3 is 0.774 bits per heavy atom. The predicted octanol–water partition coefficient (Wildman–Crippen LogP) is 18.6. The number of aryl methyl sites for hydroxylation is 2. The molecule has 0 aromatic heterocycles. The molecule has 0 saturated heterocycles. The summed E-state index contributed by atoms with van der Waals surface area (Å²) in [6.07, 6.45) is 43.4. The summed E-state index contributed by atoms with van der Waals surface area (Å²) in [4.78, 5) is 0. The predicted molar refractivity (Wildman–Crippen MR) is 276 cm³/mol. The van der Waals surface area contributed by atoms with Crippen molar-refractivity contribution in [2.24, 2.45) is 0 Å². The van der Waals surface area contributed by atoms with Gasteiger partial charge in [0.25, 0.3) is 0 Å². The highest BCUT2D eigenvalue weighted by atomic mass is 14.5. The molecule has 0 aliphatic rings. The normalized spacial score (nSPS) is 12.5. The summed E-state index contributed by atoms with van der Waals surface area (Å²) < 4.78 is 0. The first-order valence-electron chi connectivity index (χ1n) is 26.5. The Balaban J connectivity index is 1.02. The van der Waals surface area contributed by atoms with E-state index < -0.39 is 0 Å². The Morgan fingerprint density at radius 1 is 0.274 bits per heavy atom. The van der Waals surface area contributed by atoms with Crippen molar-refractivity contribution in [2.75, 3.05) is 11.5 Å². The molecule has 342 valence electrons. The Kier molecular flexibility index (Phi) is 27.3. The van der Waals surface area contributed by atoms with Crippen LogP contribution < -0.4 is 11.5 Å². The lowest BCUT2D eigenvalue weighted by Crippen LogP contribution is -2.02. The van der Waals surface area contributed by atoms with Crippen LogP contribution in [0, 0.1) is 0 Å². The summed E-state index contributed by atoms with van der Waals surface area (Å²) in [7, 11) is 0. The molecular formula is C60H92N2. The Bertz CT molecular complexity index is 1500. The average Bonchev–Trinajstić information content (AvgIpc) is 3.29. The minimum absolute atomic E-state index is 0.467. The van der Waals surface area contributed by atoms with E-state index in [-0.39, 0.29) is 0 Å². The largest absolute Gasteiger partial charge is 0.399 e. The molecule has 4 N–H and O–H groups in total. The van der Waals surface area contributed by atoms with Crippen LogP contribution in [-0.2, 0) is 12.8 Å². The van der Waals surface area contributed by atoms with Gasteiger partial charge in [0.2, 0.25) is 0 Å². The van der Waals surface area contributed by atoms with E-state index in [0.29, 0.717) is 11.8 Å². The van der Waals surface area contributed by atoms with Crippen molar-refractivity contribution in [3.63, 3.8) is 0 Å². The number of unbranched alkanes of at least 4 members (excludes halogenated alkanes) is 25. The molecule has 2 heteroatoms. The number of rotatable bonds is 37. The minimum Gasteiger partial charge on any atom is -0.399 e. The highest BCUT2D eigenvalue weighted by Gasteiger charge is 2.16. The molecule has 4 rings (SSSR count). The molecule has 0 bridgehead atoms. The molecule has 0 saturated carbocycles. The van der Waals surface area contributed by atoms with Crippen molar-refractivity contribution in [1.29, 1.82) is 0 Å². The van der Waals surface area contributed by atoms with Crippen molar-refractivity contribution >= 4 is 11.4 Å². The Morgan fingerprint density at radius 2 is 0.500 bits per heavy atom. The maximum Gasteiger partial charge on any atom is 0.0314 e. The first kappa shape index (κ1) is 51.1. The van der Waals surface area contributed by atoms with Crippen LogP contribution in [0.5, 0.6) is 0 Å². The van der Waals surface area contributed by atoms with Gasteiger partial charge in [0.05, 0.1) is 0 Å². The number of hydrogen-bond donors (Lipinski definition) is 2. The molecule has 0 spiro atoms. The molecule has 0 aliphatic heterocycles. The van der Waals surface area contributed by atoms with Gasteiger partial charge >= 0.3 is 0 Å². The van der Waals surface area contributed by atoms with Gasteiger partial charge in [-0.2, -0.15) is 0 Å². The summed E-state index contributed by atoms with van der Waals surface area (Å²) in [5.41, 5.74) is 22.6. The first-order valence-corrected chi connectivity index (χ1v) is 26.5. The van der Waals surface area contributed by atoms with Crippen molar-refractivity contribution in [1.82, 2.24) is 0 Å². The summed E-state index contributed by atoms with van der Waals surface area (Å²) in [5, 5.41) is 0. The summed E-state index contributed by atoms with van der Waals surface area (Å²) in [6, 6.07) is 36.6. The fourth-order valence-electron chi connectivity index (χ4n) is 9.73. The molecule has 0 amide bonds. The van der Waals surface area contributed by atoms with Crippen LogP contribution in [0.1, 0.15) is 252 Å². The minimum atomic E-state index is 0.467. The highest BCUT2D eigenvalue weighted by molar-refractivity contribution is 5.44. The fourth-order valence-corrected chi connectivity index (χ4v) is 9.73. The second-order valence-electron chi connectivity index (χ2n) is 19.2. The topological polar surface area (TPSA) is 52.0 Å². The third kappa shape index (κ3) is 21.7.